The number of halogens is 3. The Morgan fingerprint density at radius 1 is 0.612 bits per heavy atom. The number of aryl methyl sites for hydroxylation is 1. The van der Waals surface area contributed by atoms with Gasteiger partial charge in [-0.3, -0.25) is 24.1 Å². The number of carbonyl (C=O) groups excluding carboxylic acids is 4. The Morgan fingerprint density at radius 3 is 1.69 bits per heavy atom. The second kappa shape index (κ2) is 10.0. The van der Waals surface area contributed by atoms with E-state index in [1.54, 1.807) is 6.07 Å². The number of carbonyl (C=O) groups is 4. The third-order valence-electron chi connectivity index (χ3n) is 10.9. The molecule has 0 spiro atoms. The van der Waals surface area contributed by atoms with E-state index in [0.29, 0.717) is 25.4 Å². The molecule has 8 rings (SSSR count). The van der Waals surface area contributed by atoms with Crippen molar-refractivity contribution >= 4 is 40.7 Å². The monoisotopic (exact) mass is 664 g/mol. The highest BCUT2D eigenvalue weighted by Crippen LogP contribution is 2.49. The van der Waals surface area contributed by atoms with E-state index < -0.39 is 35.2 Å². The minimum atomic E-state index is -4.87. The first kappa shape index (κ1) is 30.9. The van der Waals surface area contributed by atoms with Crippen LogP contribution in [0.3, 0.4) is 0 Å². The van der Waals surface area contributed by atoms with Gasteiger partial charge in [0.15, 0.2) is 0 Å². The smallest absolute Gasteiger partial charge is 0.349 e. The Bertz CT molecular complexity index is 2230. The van der Waals surface area contributed by atoms with E-state index in [4.69, 9.17) is 0 Å². The van der Waals surface area contributed by atoms with Crippen LogP contribution in [0.1, 0.15) is 87.3 Å². The number of alkyl halides is 3. The molecule has 0 aromatic heterocycles. The second-order valence-corrected chi connectivity index (χ2v) is 13.5. The fourth-order valence-corrected chi connectivity index (χ4v) is 7.93. The summed E-state index contributed by atoms with van der Waals surface area (Å²) in [7, 11) is 1.27. The first-order valence-corrected chi connectivity index (χ1v) is 15.9. The van der Waals surface area contributed by atoms with Crippen molar-refractivity contribution in [1.82, 2.24) is 4.90 Å². The van der Waals surface area contributed by atoms with Gasteiger partial charge >= 0.3 is 6.18 Å². The van der Waals surface area contributed by atoms with Crippen molar-refractivity contribution in [1.29, 1.82) is 0 Å². The van der Waals surface area contributed by atoms with Crippen LogP contribution in [-0.4, -0.2) is 48.4 Å². The maximum Gasteiger partial charge on any atom is 0.402 e. The van der Waals surface area contributed by atoms with Gasteiger partial charge in [0.1, 0.15) is 5.41 Å². The summed E-state index contributed by atoms with van der Waals surface area (Å²) in [6.07, 6.45) is -4.87. The summed E-state index contributed by atoms with van der Waals surface area (Å²) >= 11 is 0. The lowest BCUT2D eigenvalue weighted by Gasteiger charge is -2.46. The molecular formula is C38H31F3N4O4. The fourth-order valence-electron chi connectivity index (χ4n) is 7.93. The molecule has 4 aliphatic heterocycles. The highest BCUT2D eigenvalue weighted by atomic mass is 19.4. The van der Waals surface area contributed by atoms with Crippen LogP contribution in [-0.2, 0) is 18.5 Å². The van der Waals surface area contributed by atoms with Crippen molar-refractivity contribution in [3.8, 4) is 0 Å². The van der Waals surface area contributed by atoms with E-state index in [9.17, 15) is 19.2 Å². The van der Waals surface area contributed by atoms with E-state index >= 15 is 13.2 Å². The lowest BCUT2D eigenvalue weighted by molar-refractivity contribution is -0.173. The first-order chi connectivity index (χ1) is 23.1. The molecule has 0 radical (unpaired) electrons. The van der Waals surface area contributed by atoms with Gasteiger partial charge in [-0.05, 0) is 97.0 Å². The first-order valence-electron chi connectivity index (χ1n) is 15.9. The molecule has 4 heterocycles. The average Bonchev–Trinajstić information content (AvgIpc) is 3.44. The van der Waals surface area contributed by atoms with Crippen LogP contribution in [0.5, 0.6) is 0 Å². The lowest BCUT2D eigenvalue weighted by atomic mass is 9.74. The Balaban J connectivity index is 1.17. The van der Waals surface area contributed by atoms with Gasteiger partial charge in [-0.25, -0.2) is 4.90 Å². The zero-order chi connectivity index (χ0) is 34.9. The van der Waals surface area contributed by atoms with Gasteiger partial charge in [-0.1, -0.05) is 30.3 Å². The summed E-state index contributed by atoms with van der Waals surface area (Å²) in [5.74, 6) is -2.60. The zero-order valence-electron chi connectivity index (χ0n) is 27.5. The predicted molar refractivity (Wildman–Crippen MR) is 177 cm³/mol. The van der Waals surface area contributed by atoms with Crippen molar-refractivity contribution in [3.63, 3.8) is 0 Å². The average molecular weight is 665 g/mol. The van der Waals surface area contributed by atoms with Gasteiger partial charge in [0.25, 0.3) is 23.6 Å². The number of hydrogen-bond acceptors (Lipinski definition) is 6. The molecule has 8 nitrogen and oxygen atoms in total. The molecule has 11 heteroatoms. The van der Waals surface area contributed by atoms with Gasteiger partial charge in [0, 0.05) is 31.5 Å². The maximum atomic E-state index is 15.1. The number of rotatable bonds is 3. The van der Waals surface area contributed by atoms with Crippen LogP contribution in [0.2, 0.25) is 0 Å². The highest BCUT2D eigenvalue weighted by Gasteiger charge is 2.55. The normalized spacial score (nSPS) is 17.7. The molecule has 49 heavy (non-hydrogen) atoms. The van der Waals surface area contributed by atoms with Crippen LogP contribution < -0.4 is 14.7 Å². The molecule has 2 bridgehead atoms. The number of imide groups is 2. The van der Waals surface area contributed by atoms with E-state index in [1.165, 1.54) is 53.7 Å². The number of fused-ring (bicyclic) bond motifs is 8. The van der Waals surface area contributed by atoms with Crippen molar-refractivity contribution in [3.05, 3.63) is 122 Å². The molecule has 0 saturated heterocycles. The van der Waals surface area contributed by atoms with E-state index in [-0.39, 0.29) is 33.4 Å². The molecule has 0 aliphatic carbocycles. The maximum absolute atomic E-state index is 15.1. The Labute approximate surface area is 280 Å². The lowest BCUT2D eigenvalue weighted by Crippen LogP contribution is -2.47. The van der Waals surface area contributed by atoms with Crippen LogP contribution in [0.4, 0.5) is 30.2 Å². The van der Waals surface area contributed by atoms with Gasteiger partial charge in [-0.15, -0.1) is 0 Å². The van der Waals surface area contributed by atoms with Gasteiger partial charge in [-0.2, -0.15) is 13.2 Å². The third-order valence-corrected chi connectivity index (χ3v) is 10.9. The van der Waals surface area contributed by atoms with Crippen LogP contribution in [0, 0.1) is 20.8 Å². The van der Waals surface area contributed by atoms with Crippen LogP contribution in [0.15, 0.2) is 60.7 Å². The SMILES string of the molecule is Cc1ccc2c(c1C)N1Cc3ccc(N4C(=O)c5ccc(C(C)(c6ccc7c(c6)C(=O)N(C)C7=O)C(F)(F)F)cc5C4=O)c(C)c3N(C2)C1. The second-order valence-electron chi connectivity index (χ2n) is 13.5. The van der Waals surface area contributed by atoms with Gasteiger partial charge in [0.05, 0.1) is 34.6 Å². The molecule has 1 atom stereocenters. The van der Waals surface area contributed by atoms with Gasteiger partial charge < -0.3 is 9.80 Å². The minimum Gasteiger partial charge on any atom is -0.349 e. The van der Waals surface area contributed by atoms with Crippen molar-refractivity contribution in [2.75, 3.05) is 28.4 Å². The number of nitrogens with zero attached hydrogens (tertiary/aromatic N) is 4. The summed E-state index contributed by atoms with van der Waals surface area (Å²) in [6, 6.07) is 15.0. The van der Waals surface area contributed by atoms with Crippen LogP contribution >= 0.6 is 0 Å². The van der Waals surface area contributed by atoms with Crippen LogP contribution in [0.25, 0.3) is 0 Å². The Kier molecular flexibility index (Phi) is 6.32. The molecule has 0 saturated carbocycles. The summed E-state index contributed by atoms with van der Waals surface area (Å²) in [4.78, 5) is 59.4. The van der Waals surface area contributed by atoms with Crippen molar-refractivity contribution in [2.45, 2.75) is 52.4 Å². The Morgan fingerprint density at radius 2 is 1.10 bits per heavy atom. The molecule has 1 unspecified atom stereocenters. The number of anilines is 3. The fraction of sp³-hybridized carbons (Fsp3) is 0.263. The van der Waals surface area contributed by atoms with E-state index in [0.717, 1.165) is 45.7 Å². The summed E-state index contributed by atoms with van der Waals surface area (Å²) in [6.45, 7) is 9.03. The third kappa shape index (κ3) is 4.04. The van der Waals surface area contributed by atoms with Crippen molar-refractivity contribution < 1.29 is 32.3 Å². The largest absolute Gasteiger partial charge is 0.402 e. The van der Waals surface area contributed by atoms with E-state index in [2.05, 4.69) is 35.8 Å². The number of benzene rings is 4. The summed E-state index contributed by atoms with van der Waals surface area (Å²) in [5.41, 5.74) is 4.58. The van der Waals surface area contributed by atoms with Gasteiger partial charge in [0.2, 0.25) is 0 Å². The summed E-state index contributed by atoms with van der Waals surface area (Å²) < 4.78 is 45.2. The molecular weight excluding hydrogens is 633 g/mol. The molecule has 4 amide bonds. The summed E-state index contributed by atoms with van der Waals surface area (Å²) in [5, 5.41) is 0. The Hall–Kier alpha value is -5.45. The molecule has 4 aliphatic rings. The molecule has 248 valence electrons. The quantitative estimate of drug-likeness (QED) is 0.224. The van der Waals surface area contributed by atoms with E-state index in [1.807, 2.05) is 13.0 Å². The van der Waals surface area contributed by atoms with Crippen molar-refractivity contribution in [2.24, 2.45) is 0 Å². The number of amides is 4. The zero-order valence-corrected chi connectivity index (χ0v) is 27.5. The topological polar surface area (TPSA) is 81.2 Å². The number of hydrogen-bond donors (Lipinski definition) is 0. The predicted octanol–water partition coefficient (Wildman–Crippen LogP) is 6.80. The minimum absolute atomic E-state index is 0.00988. The molecule has 4 aromatic rings. The molecule has 0 fully saturated rings. The molecule has 0 N–H and O–H groups in total. The molecule has 4 aromatic carbocycles. The highest BCUT2D eigenvalue weighted by molar-refractivity contribution is 6.35. The standard InChI is InChI=1S/C38H31F3N4O4/c1-19-6-7-22-16-44-18-43(31(22)20(19)2)17-23-8-13-30(21(3)32(23)44)45-35(48)27-12-10-25(15-29(27)36(45)49)37(4,38(39,40)41)24-9-11-26-28(14-24)34(47)42(5)33(26)46/h6-15H,16-18H2,1-5H3.